The fraction of sp³-hybridized carbons (Fsp3) is 0.462. The third-order valence-corrected chi connectivity index (χ3v) is 2.98. The van der Waals surface area contributed by atoms with Crippen LogP contribution < -0.4 is 15.4 Å². The average Bonchev–Trinajstić information content (AvgIpc) is 2.40. The number of benzene rings is 1. The van der Waals surface area contributed by atoms with Crippen molar-refractivity contribution in [3.63, 3.8) is 0 Å². The minimum Gasteiger partial charge on any atom is -0.406 e. The van der Waals surface area contributed by atoms with Gasteiger partial charge in [0.25, 0.3) is 0 Å². The van der Waals surface area contributed by atoms with E-state index < -0.39 is 6.36 Å². The molecule has 1 aromatic rings. The molecule has 1 aliphatic heterocycles. The number of halogens is 3. The third kappa shape index (κ3) is 4.41. The molecule has 110 valence electrons. The number of ether oxygens (including phenoxy) is 1. The predicted molar refractivity (Wildman–Crippen MR) is 67.4 cm³/mol. The maximum atomic E-state index is 12.0. The Morgan fingerprint density at radius 1 is 1.25 bits per heavy atom. The van der Waals surface area contributed by atoms with Crippen LogP contribution in [0.4, 0.5) is 18.9 Å². The maximum absolute atomic E-state index is 12.0. The number of piperidine rings is 1. The molecular formula is C13H15F3N2O2. The molecule has 2 rings (SSSR count). The Kier molecular flexibility index (Phi) is 4.49. The molecule has 0 aromatic heterocycles. The summed E-state index contributed by atoms with van der Waals surface area (Å²) in [6.45, 7) is 0.802. The smallest absolute Gasteiger partial charge is 0.406 e. The Balaban J connectivity index is 1.91. The standard InChI is InChI=1S/C13H15F3N2O2/c14-13(15,16)20-10-6-4-9(5-7-10)18-12(19)11-3-1-2-8-17-11/h4-7,11,17H,1-3,8H2,(H,18,19)/t11-/m1/s1. The second-order valence-electron chi connectivity index (χ2n) is 4.56. The molecular weight excluding hydrogens is 273 g/mol. The first-order valence-corrected chi connectivity index (χ1v) is 6.34. The predicted octanol–water partition coefficient (Wildman–Crippen LogP) is 2.67. The largest absolute Gasteiger partial charge is 0.573 e. The topological polar surface area (TPSA) is 50.4 Å². The Morgan fingerprint density at radius 2 is 1.95 bits per heavy atom. The molecule has 0 aliphatic carbocycles. The molecule has 0 bridgehead atoms. The summed E-state index contributed by atoms with van der Waals surface area (Å²) < 4.78 is 39.7. The zero-order chi connectivity index (χ0) is 14.6. The minimum atomic E-state index is -4.71. The van der Waals surface area contributed by atoms with Gasteiger partial charge in [-0.2, -0.15) is 0 Å². The van der Waals surface area contributed by atoms with Crippen molar-refractivity contribution in [3.05, 3.63) is 24.3 Å². The van der Waals surface area contributed by atoms with Crippen LogP contribution in [0, 0.1) is 0 Å². The normalized spacial score (nSPS) is 19.4. The van der Waals surface area contributed by atoms with E-state index in [9.17, 15) is 18.0 Å². The van der Waals surface area contributed by atoms with Crippen molar-refractivity contribution in [1.29, 1.82) is 0 Å². The zero-order valence-corrected chi connectivity index (χ0v) is 10.7. The molecule has 2 N–H and O–H groups in total. The number of amides is 1. The van der Waals surface area contributed by atoms with E-state index in [4.69, 9.17) is 0 Å². The first-order chi connectivity index (χ1) is 9.44. The number of rotatable bonds is 3. The van der Waals surface area contributed by atoms with Crippen LogP contribution in [0.3, 0.4) is 0 Å². The molecule has 1 fully saturated rings. The van der Waals surface area contributed by atoms with Gasteiger partial charge in [-0.05, 0) is 43.7 Å². The van der Waals surface area contributed by atoms with Crippen molar-refractivity contribution in [1.82, 2.24) is 5.32 Å². The Morgan fingerprint density at radius 3 is 2.50 bits per heavy atom. The number of hydrogen-bond donors (Lipinski definition) is 2. The van der Waals surface area contributed by atoms with Gasteiger partial charge in [0.2, 0.25) is 5.91 Å². The lowest BCUT2D eigenvalue weighted by Gasteiger charge is -2.22. The van der Waals surface area contributed by atoms with Gasteiger partial charge in [-0.1, -0.05) is 6.42 Å². The molecule has 0 spiro atoms. The Hall–Kier alpha value is -1.76. The van der Waals surface area contributed by atoms with Gasteiger partial charge >= 0.3 is 6.36 Å². The lowest BCUT2D eigenvalue weighted by atomic mass is 10.0. The molecule has 1 aromatic carbocycles. The molecule has 1 saturated heterocycles. The van der Waals surface area contributed by atoms with E-state index in [0.29, 0.717) is 5.69 Å². The van der Waals surface area contributed by atoms with E-state index in [-0.39, 0.29) is 17.7 Å². The summed E-state index contributed by atoms with van der Waals surface area (Å²) in [5.74, 6) is -0.486. The molecule has 20 heavy (non-hydrogen) atoms. The number of carbonyl (C=O) groups excluding carboxylic acids is 1. The number of nitrogens with one attached hydrogen (secondary N) is 2. The van der Waals surface area contributed by atoms with Gasteiger partial charge in [0.1, 0.15) is 5.75 Å². The lowest BCUT2D eigenvalue weighted by molar-refractivity contribution is -0.274. The molecule has 0 radical (unpaired) electrons. The van der Waals surface area contributed by atoms with E-state index >= 15 is 0 Å². The van der Waals surface area contributed by atoms with E-state index in [2.05, 4.69) is 15.4 Å². The molecule has 0 unspecified atom stereocenters. The quantitative estimate of drug-likeness (QED) is 0.899. The maximum Gasteiger partial charge on any atom is 0.573 e. The molecule has 4 nitrogen and oxygen atoms in total. The Labute approximate surface area is 114 Å². The van der Waals surface area contributed by atoms with E-state index in [1.807, 2.05) is 0 Å². The van der Waals surface area contributed by atoms with Gasteiger partial charge in [-0.15, -0.1) is 13.2 Å². The van der Waals surface area contributed by atoms with Crippen LogP contribution in [0.2, 0.25) is 0 Å². The fourth-order valence-corrected chi connectivity index (χ4v) is 2.04. The van der Waals surface area contributed by atoms with Crippen LogP contribution in [-0.4, -0.2) is 24.9 Å². The Bertz CT molecular complexity index is 454. The van der Waals surface area contributed by atoms with Gasteiger partial charge < -0.3 is 15.4 Å². The van der Waals surface area contributed by atoms with Gasteiger partial charge in [0.15, 0.2) is 0 Å². The third-order valence-electron chi connectivity index (χ3n) is 2.98. The summed E-state index contributed by atoms with van der Waals surface area (Å²) in [5, 5.41) is 5.76. The summed E-state index contributed by atoms with van der Waals surface area (Å²) in [7, 11) is 0. The highest BCUT2D eigenvalue weighted by atomic mass is 19.4. The summed E-state index contributed by atoms with van der Waals surface area (Å²) in [5.41, 5.74) is 0.442. The molecule has 1 amide bonds. The van der Waals surface area contributed by atoms with Gasteiger partial charge in [0, 0.05) is 5.69 Å². The molecule has 1 aliphatic rings. The highest BCUT2D eigenvalue weighted by molar-refractivity contribution is 5.94. The van der Waals surface area contributed by atoms with Gasteiger partial charge in [-0.3, -0.25) is 4.79 Å². The van der Waals surface area contributed by atoms with Crippen LogP contribution in [0.5, 0.6) is 5.75 Å². The molecule has 0 saturated carbocycles. The van der Waals surface area contributed by atoms with Gasteiger partial charge in [-0.25, -0.2) is 0 Å². The summed E-state index contributed by atoms with van der Waals surface area (Å²) >= 11 is 0. The highest BCUT2D eigenvalue weighted by Crippen LogP contribution is 2.24. The molecule has 1 heterocycles. The van der Waals surface area contributed by atoms with Crippen molar-refractivity contribution in [2.45, 2.75) is 31.7 Å². The summed E-state index contributed by atoms with van der Waals surface area (Å²) in [4.78, 5) is 11.9. The first-order valence-electron chi connectivity index (χ1n) is 6.34. The monoisotopic (exact) mass is 288 g/mol. The second kappa shape index (κ2) is 6.13. The fourth-order valence-electron chi connectivity index (χ4n) is 2.04. The van der Waals surface area contributed by atoms with Crippen LogP contribution in [-0.2, 0) is 4.79 Å². The van der Waals surface area contributed by atoms with Crippen LogP contribution >= 0.6 is 0 Å². The van der Waals surface area contributed by atoms with E-state index in [1.165, 1.54) is 12.1 Å². The van der Waals surface area contributed by atoms with Crippen LogP contribution in [0.25, 0.3) is 0 Å². The van der Waals surface area contributed by atoms with Crippen molar-refractivity contribution in [2.75, 3.05) is 11.9 Å². The number of anilines is 1. The van der Waals surface area contributed by atoms with Crippen LogP contribution in [0.15, 0.2) is 24.3 Å². The van der Waals surface area contributed by atoms with Crippen molar-refractivity contribution in [2.24, 2.45) is 0 Å². The number of carbonyl (C=O) groups is 1. The molecule has 7 heteroatoms. The second-order valence-corrected chi connectivity index (χ2v) is 4.56. The highest BCUT2D eigenvalue weighted by Gasteiger charge is 2.31. The number of alkyl halides is 3. The summed E-state index contributed by atoms with van der Waals surface area (Å²) in [6.07, 6.45) is -1.91. The summed E-state index contributed by atoms with van der Waals surface area (Å²) in [6, 6.07) is 4.84. The van der Waals surface area contributed by atoms with Crippen LogP contribution in [0.1, 0.15) is 19.3 Å². The van der Waals surface area contributed by atoms with Crippen molar-refractivity contribution in [3.8, 4) is 5.75 Å². The van der Waals surface area contributed by atoms with Crippen molar-refractivity contribution >= 4 is 11.6 Å². The number of hydrogen-bond acceptors (Lipinski definition) is 3. The van der Waals surface area contributed by atoms with Crippen molar-refractivity contribution < 1.29 is 22.7 Å². The first kappa shape index (κ1) is 14.6. The van der Waals surface area contributed by atoms with E-state index in [1.54, 1.807) is 0 Å². The average molecular weight is 288 g/mol. The zero-order valence-electron chi connectivity index (χ0n) is 10.7. The van der Waals surface area contributed by atoms with Gasteiger partial charge in [0.05, 0.1) is 6.04 Å². The molecule has 1 atom stereocenters. The SMILES string of the molecule is O=C(Nc1ccc(OC(F)(F)F)cc1)[C@H]1CCCCN1. The minimum absolute atomic E-state index is 0.172. The lowest BCUT2D eigenvalue weighted by Crippen LogP contribution is -2.43. The van der Waals surface area contributed by atoms with E-state index in [0.717, 1.165) is 37.9 Å².